The number of aliphatic hydroxyl groups is 1. The molecule has 0 saturated carbocycles. The first-order valence-electron chi connectivity index (χ1n) is 8.46. The van der Waals surface area contributed by atoms with Crippen LogP contribution in [0.1, 0.15) is 47.0 Å². The SMILES string of the molecule is CCC(C)(C(=O)NCC(C)O)C(C)(C#N)CCC(=O)N1CCSC1=S. The highest BCUT2D eigenvalue weighted by molar-refractivity contribution is 8.23. The van der Waals surface area contributed by atoms with Crippen LogP contribution in [-0.2, 0) is 9.59 Å². The molecule has 0 radical (unpaired) electrons. The van der Waals surface area contributed by atoms with Gasteiger partial charge >= 0.3 is 0 Å². The average molecular weight is 386 g/mol. The Morgan fingerprint density at radius 2 is 2.16 bits per heavy atom. The monoisotopic (exact) mass is 385 g/mol. The van der Waals surface area contributed by atoms with Gasteiger partial charge in [0, 0.05) is 25.3 Å². The number of rotatable bonds is 8. The summed E-state index contributed by atoms with van der Waals surface area (Å²) in [5, 5.41) is 21.9. The number of aliphatic hydroxyl groups excluding tert-OH is 1. The fourth-order valence-corrected chi connectivity index (χ4v) is 4.04. The van der Waals surface area contributed by atoms with E-state index in [9.17, 15) is 20.0 Å². The summed E-state index contributed by atoms with van der Waals surface area (Å²) in [6.07, 6.45) is 0.242. The molecule has 2 N–H and O–H groups in total. The van der Waals surface area contributed by atoms with E-state index in [-0.39, 0.29) is 31.2 Å². The van der Waals surface area contributed by atoms with Crippen LogP contribution in [0.15, 0.2) is 0 Å². The van der Waals surface area contributed by atoms with Crippen LogP contribution in [0.5, 0.6) is 0 Å². The second-order valence-electron chi connectivity index (χ2n) is 6.85. The van der Waals surface area contributed by atoms with Gasteiger partial charge in [0.15, 0.2) is 0 Å². The van der Waals surface area contributed by atoms with E-state index in [2.05, 4.69) is 11.4 Å². The standard InChI is InChI=1S/C17H27N3O3S2/c1-5-17(4,14(23)19-10-12(2)21)16(3,11-18)7-6-13(22)20-8-9-25-15(20)24/h12,21H,5-10H2,1-4H3,(H,19,23). The molecule has 0 aliphatic carbocycles. The largest absolute Gasteiger partial charge is 0.392 e. The van der Waals surface area contributed by atoms with Crippen molar-refractivity contribution >= 4 is 40.1 Å². The molecule has 1 saturated heterocycles. The first-order valence-corrected chi connectivity index (χ1v) is 9.85. The fourth-order valence-electron chi connectivity index (χ4n) is 2.80. The Morgan fingerprint density at radius 1 is 1.52 bits per heavy atom. The van der Waals surface area contributed by atoms with Gasteiger partial charge in [0.05, 0.1) is 23.0 Å². The van der Waals surface area contributed by atoms with Crippen molar-refractivity contribution in [1.29, 1.82) is 5.26 Å². The molecule has 3 atom stereocenters. The Labute approximate surface area is 159 Å². The van der Waals surface area contributed by atoms with Gasteiger partial charge in [-0.2, -0.15) is 5.26 Å². The molecule has 1 fully saturated rings. The fraction of sp³-hybridized carbons (Fsp3) is 0.765. The lowest BCUT2D eigenvalue weighted by Crippen LogP contribution is -2.50. The maximum Gasteiger partial charge on any atom is 0.228 e. The second-order valence-corrected chi connectivity index (χ2v) is 8.58. The zero-order chi connectivity index (χ0) is 19.3. The minimum absolute atomic E-state index is 0.0979. The molecule has 0 bridgehead atoms. The highest BCUT2D eigenvalue weighted by Crippen LogP contribution is 2.45. The van der Waals surface area contributed by atoms with Crippen molar-refractivity contribution in [3.63, 3.8) is 0 Å². The summed E-state index contributed by atoms with van der Waals surface area (Å²) >= 11 is 6.65. The lowest BCUT2D eigenvalue weighted by atomic mass is 9.62. The van der Waals surface area contributed by atoms with Crippen LogP contribution >= 0.6 is 24.0 Å². The van der Waals surface area contributed by atoms with Crippen molar-refractivity contribution < 1.29 is 14.7 Å². The van der Waals surface area contributed by atoms with Gasteiger partial charge in [-0.05, 0) is 33.6 Å². The number of carbonyl (C=O) groups is 2. The van der Waals surface area contributed by atoms with Gasteiger partial charge in [0.25, 0.3) is 0 Å². The van der Waals surface area contributed by atoms with Gasteiger partial charge < -0.3 is 10.4 Å². The van der Waals surface area contributed by atoms with Crippen molar-refractivity contribution in [1.82, 2.24) is 10.2 Å². The summed E-state index contributed by atoms with van der Waals surface area (Å²) < 4.78 is 0.580. The van der Waals surface area contributed by atoms with Gasteiger partial charge in [0.2, 0.25) is 11.8 Å². The van der Waals surface area contributed by atoms with E-state index >= 15 is 0 Å². The molecule has 1 heterocycles. The summed E-state index contributed by atoms with van der Waals surface area (Å²) in [4.78, 5) is 26.6. The average Bonchev–Trinajstić information content (AvgIpc) is 3.02. The first-order chi connectivity index (χ1) is 11.6. The van der Waals surface area contributed by atoms with E-state index in [1.807, 2.05) is 6.92 Å². The highest BCUT2D eigenvalue weighted by Gasteiger charge is 2.49. The second kappa shape index (κ2) is 8.97. The van der Waals surface area contributed by atoms with Crippen LogP contribution in [0.25, 0.3) is 0 Å². The topological polar surface area (TPSA) is 93.4 Å². The normalized spacial score (nSPS) is 20.3. The zero-order valence-corrected chi connectivity index (χ0v) is 16.9. The Bertz CT molecular complexity index is 576. The quantitative estimate of drug-likeness (QED) is 0.621. The smallest absolute Gasteiger partial charge is 0.228 e. The maximum absolute atomic E-state index is 12.7. The molecule has 1 rings (SSSR count). The number of hydrogen-bond donors (Lipinski definition) is 2. The molecule has 8 heteroatoms. The van der Waals surface area contributed by atoms with Crippen LogP contribution in [0.3, 0.4) is 0 Å². The molecule has 0 aromatic carbocycles. The van der Waals surface area contributed by atoms with Crippen molar-refractivity contribution in [3.05, 3.63) is 0 Å². The van der Waals surface area contributed by atoms with E-state index in [0.29, 0.717) is 17.3 Å². The maximum atomic E-state index is 12.7. The molecule has 6 nitrogen and oxygen atoms in total. The van der Waals surface area contributed by atoms with Crippen LogP contribution in [0, 0.1) is 22.2 Å². The molecular formula is C17H27N3O3S2. The molecule has 25 heavy (non-hydrogen) atoms. The molecule has 0 spiro atoms. The van der Waals surface area contributed by atoms with E-state index in [0.717, 1.165) is 5.75 Å². The van der Waals surface area contributed by atoms with Crippen molar-refractivity contribution in [2.24, 2.45) is 10.8 Å². The van der Waals surface area contributed by atoms with Crippen LogP contribution in [-0.4, -0.2) is 51.1 Å². The third-order valence-corrected chi connectivity index (χ3v) is 6.56. The summed E-state index contributed by atoms with van der Waals surface area (Å²) in [5.41, 5.74) is -1.97. The summed E-state index contributed by atoms with van der Waals surface area (Å²) in [5.74, 6) is 0.424. The number of hydrogen-bond acceptors (Lipinski definition) is 6. The van der Waals surface area contributed by atoms with Gasteiger partial charge in [-0.15, -0.1) is 0 Å². The van der Waals surface area contributed by atoms with E-state index in [1.165, 1.54) is 11.8 Å². The molecule has 1 aliphatic heterocycles. The van der Waals surface area contributed by atoms with E-state index < -0.39 is 16.9 Å². The van der Waals surface area contributed by atoms with Crippen LogP contribution in [0.4, 0.5) is 0 Å². The number of nitrogens with one attached hydrogen (secondary N) is 1. The number of nitrogens with zero attached hydrogens (tertiary/aromatic N) is 2. The predicted molar refractivity (Wildman–Crippen MR) is 103 cm³/mol. The number of amides is 2. The summed E-state index contributed by atoms with van der Waals surface area (Å²) in [7, 11) is 0. The number of thioether (sulfide) groups is 1. The predicted octanol–water partition coefficient (Wildman–Crippen LogP) is 2.07. The van der Waals surface area contributed by atoms with Gasteiger partial charge in [-0.1, -0.05) is 30.9 Å². The number of nitriles is 1. The molecule has 0 aromatic rings. The Kier molecular flexibility index (Phi) is 7.85. The minimum Gasteiger partial charge on any atom is -0.392 e. The number of carbonyl (C=O) groups excluding carboxylic acids is 2. The molecule has 2 amide bonds. The molecule has 0 aromatic heterocycles. The lowest BCUT2D eigenvalue weighted by Gasteiger charge is -2.40. The molecule has 140 valence electrons. The van der Waals surface area contributed by atoms with Crippen LogP contribution in [0.2, 0.25) is 0 Å². The van der Waals surface area contributed by atoms with Crippen molar-refractivity contribution in [2.45, 2.75) is 53.1 Å². The van der Waals surface area contributed by atoms with Gasteiger partial charge in [-0.3, -0.25) is 14.5 Å². The Hall–Kier alpha value is -1.17. The highest BCUT2D eigenvalue weighted by atomic mass is 32.2. The van der Waals surface area contributed by atoms with E-state index in [1.54, 1.807) is 25.7 Å². The van der Waals surface area contributed by atoms with Gasteiger partial charge in [0.1, 0.15) is 4.32 Å². The first kappa shape index (κ1) is 21.9. The van der Waals surface area contributed by atoms with Crippen molar-refractivity contribution in [2.75, 3.05) is 18.8 Å². The van der Waals surface area contributed by atoms with E-state index in [4.69, 9.17) is 12.2 Å². The lowest BCUT2D eigenvalue weighted by molar-refractivity contribution is -0.137. The third kappa shape index (κ3) is 4.93. The Balaban J connectivity index is 2.86. The number of thiocarbonyl (C=S) groups is 1. The minimum atomic E-state index is -1.01. The zero-order valence-electron chi connectivity index (χ0n) is 15.3. The van der Waals surface area contributed by atoms with Crippen LogP contribution < -0.4 is 5.32 Å². The van der Waals surface area contributed by atoms with Crippen molar-refractivity contribution in [3.8, 4) is 6.07 Å². The molecule has 1 aliphatic rings. The van der Waals surface area contributed by atoms with Gasteiger partial charge in [-0.25, -0.2) is 0 Å². The summed E-state index contributed by atoms with van der Waals surface area (Å²) in [6.45, 7) is 7.64. The Morgan fingerprint density at radius 3 is 2.60 bits per heavy atom. The summed E-state index contributed by atoms with van der Waals surface area (Å²) in [6, 6.07) is 2.26. The third-order valence-electron chi connectivity index (χ3n) is 5.13. The molecular weight excluding hydrogens is 358 g/mol. The molecule has 3 unspecified atom stereocenters.